The third-order valence-electron chi connectivity index (χ3n) is 4.71. The molecule has 0 N–H and O–H groups in total. The van der Waals surface area contributed by atoms with Gasteiger partial charge in [0.05, 0.1) is 32.7 Å². The second-order valence-corrected chi connectivity index (χ2v) is 6.64. The van der Waals surface area contributed by atoms with Gasteiger partial charge in [0.15, 0.2) is 0 Å². The van der Waals surface area contributed by atoms with E-state index in [9.17, 15) is 9.59 Å². The topological polar surface area (TPSA) is 130 Å². The Labute approximate surface area is 177 Å². The number of hydrogen-bond donors (Lipinski definition) is 0. The molecule has 0 aliphatic carbocycles. The molecule has 0 saturated carbocycles. The Morgan fingerprint density at radius 3 is 2.39 bits per heavy atom. The predicted molar refractivity (Wildman–Crippen MR) is 103 cm³/mol. The Hall–Kier alpha value is -4.02. The van der Waals surface area contributed by atoms with Crippen LogP contribution in [0.15, 0.2) is 40.8 Å². The summed E-state index contributed by atoms with van der Waals surface area (Å²) >= 11 is 0. The van der Waals surface area contributed by atoms with Gasteiger partial charge in [0, 0.05) is 0 Å². The quantitative estimate of drug-likeness (QED) is 0.555. The van der Waals surface area contributed by atoms with Crippen LogP contribution in [0.4, 0.5) is 4.79 Å². The number of cyclic esters (lactones) is 1. The molecule has 31 heavy (non-hydrogen) atoms. The lowest BCUT2D eigenvalue weighted by Gasteiger charge is -2.20. The van der Waals surface area contributed by atoms with E-state index in [1.165, 1.54) is 20.3 Å². The molecule has 11 heteroatoms. The fourth-order valence-corrected chi connectivity index (χ4v) is 3.13. The van der Waals surface area contributed by atoms with E-state index in [4.69, 9.17) is 18.6 Å². The fourth-order valence-electron chi connectivity index (χ4n) is 3.13. The molecule has 0 radical (unpaired) electrons. The van der Waals surface area contributed by atoms with Crippen LogP contribution in [-0.4, -0.2) is 51.3 Å². The minimum absolute atomic E-state index is 0.0690. The van der Waals surface area contributed by atoms with Crippen LogP contribution in [0, 0.1) is 0 Å². The largest absolute Gasteiger partial charge is 0.481 e. The number of aromatic nitrogens is 4. The highest BCUT2D eigenvalue weighted by atomic mass is 16.6. The zero-order chi connectivity index (χ0) is 22.0. The zero-order valence-corrected chi connectivity index (χ0v) is 17.0. The molecular weight excluding hydrogens is 406 g/mol. The summed E-state index contributed by atoms with van der Waals surface area (Å²) in [5, 5.41) is 7.79. The van der Waals surface area contributed by atoms with E-state index < -0.39 is 24.1 Å². The molecule has 1 fully saturated rings. The number of rotatable bonds is 7. The van der Waals surface area contributed by atoms with E-state index in [1.54, 1.807) is 6.92 Å². The van der Waals surface area contributed by atoms with Gasteiger partial charge in [-0.3, -0.25) is 4.79 Å². The molecule has 1 aliphatic rings. The van der Waals surface area contributed by atoms with Crippen molar-refractivity contribution in [3.63, 3.8) is 0 Å². The molecule has 3 heterocycles. The maximum Gasteiger partial charge on any atom is 0.418 e. The Morgan fingerprint density at radius 2 is 1.74 bits per heavy atom. The van der Waals surface area contributed by atoms with Gasteiger partial charge in [-0.15, -0.1) is 10.2 Å². The van der Waals surface area contributed by atoms with Crippen LogP contribution in [0.3, 0.4) is 0 Å². The smallest absolute Gasteiger partial charge is 0.418 e. The number of ether oxygens (including phenoxy) is 3. The Kier molecular flexibility index (Phi) is 5.48. The number of imide groups is 1. The lowest BCUT2D eigenvalue weighted by molar-refractivity contribution is -0.131. The summed E-state index contributed by atoms with van der Waals surface area (Å²) in [7, 11) is 2.94. The number of hydrogen-bond acceptors (Lipinski definition) is 10. The highest BCUT2D eigenvalue weighted by Crippen LogP contribution is 2.33. The minimum Gasteiger partial charge on any atom is -0.481 e. The Balaban J connectivity index is 1.52. The monoisotopic (exact) mass is 425 g/mol. The molecule has 2 amide bonds. The standard InChI is InChI=1S/C20H19N5O6/c1-11(12-7-5-4-6-8-12)25-19(26)17(31-20(25)27)18-24-23-16(30-18)9-13-21-14(28-2)10-15(22-13)29-3/h4-8,10-11,17H,9H2,1-3H3. The second kappa shape index (κ2) is 8.38. The molecular formula is C20H19N5O6. The van der Waals surface area contributed by atoms with Crippen molar-refractivity contribution in [2.75, 3.05) is 14.2 Å². The molecule has 2 aromatic heterocycles. The van der Waals surface area contributed by atoms with Crippen molar-refractivity contribution < 1.29 is 28.2 Å². The lowest BCUT2D eigenvalue weighted by Crippen LogP contribution is -2.32. The lowest BCUT2D eigenvalue weighted by atomic mass is 10.1. The van der Waals surface area contributed by atoms with E-state index in [1.807, 2.05) is 30.3 Å². The van der Waals surface area contributed by atoms with Gasteiger partial charge in [-0.05, 0) is 12.5 Å². The summed E-state index contributed by atoms with van der Waals surface area (Å²) in [6.07, 6.45) is -2.01. The van der Waals surface area contributed by atoms with Gasteiger partial charge < -0.3 is 18.6 Å². The number of carbonyl (C=O) groups excluding carboxylic acids is 2. The predicted octanol–water partition coefficient (Wildman–Crippen LogP) is 2.25. The summed E-state index contributed by atoms with van der Waals surface area (Å²) in [5.74, 6) is 0.394. The Bertz CT molecular complexity index is 1080. The molecule has 0 bridgehead atoms. The molecule has 2 atom stereocenters. The average molecular weight is 425 g/mol. The van der Waals surface area contributed by atoms with Gasteiger partial charge in [-0.2, -0.15) is 9.97 Å². The normalized spacial score (nSPS) is 16.9. The average Bonchev–Trinajstić information content (AvgIpc) is 3.37. The van der Waals surface area contributed by atoms with Crippen molar-refractivity contribution in [1.29, 1.82) is 0 Å². The summed E-state index contributed by atoms with van der Waals surface area (Å²) < 4.78 is 21.0. The maximum absolute atomic E-state index is 12.9. The summed E-state index contributed by atoms with van der Waals surface area (Å²) in [4.78, 5) is 34.7. The maximum atomic E-state index is 12.9. The van der Waals surface area contributed by atoms with Gasteiger partial charge in [-0.1, -0.05) is 30.3 Å². The summed E-state index contributed by atoms with van der Waals surface area (Å²) in [6, 6.07) is 10.2. The third kappa shape index (κ3) is 4.02. The number of benzene rings is 1. The van der Waals surface area contributed by atoms with Crippen molar-refractivity contribution in [1.82, 2.24) is 25.1 Å². The summed E-state index contributed by atoms with van der Waals surface area (Å²) in [5.41, 5.74) is 0.795. The highest BCUT2D eigenvalue weighted by Gasteiger charge is 2.47. The van der Waals surface area contributed by atoms with Crippen molar-refractivity contribution in [2.24, 2.45) is 0 Å². The molecule has 1 aliphatic heterocycles. The minimum atomic E-state index is -1.30. The zero-order valence-electron chi connectivity index (χ0n) is 17.0. The SMILES string of the molecule is COc1cc(OC)nc(Cc2nnc(C3OC(=O)N(C(C)c4ccccc4)C3=O)o2)n1. The third-order valence-corrected chi connectivity index (χ3v) is 4.71. The molecule has 1 saturated heterocycles. The van der Waals surface area contributed by atoms with E-state index in [0.29, 0.717) is 17.6 Å². The van der Waals surface area contributed by atoms with E-state index in [2.05, 4.69) is 20.2 Å². The van der Waals surface area contributed by atoms with E-state index in [0.717, 1.165) is 10.5 Å². The molecule has 3 aromatic rings. The van der Waals surface area contributed by atoms with Gasteiger partial charge in [-0.25, -0.2) is 9.69 Å². The van der Waals surface area contributed by atoms with Crippen LogP contribution in [0.5, 0.6) is 11.8 Å². The molecule has 11 nitrogen and oxygen atoms in total. The highest BCUT2D eigenvalue weighted by molar-refractivity contribution is 6.00. The molecule has 2 unspecified atom stereocenters. The number of carbonyl (C=O) groups is 2. The van der Waals surface area contributed by atoms with Crippen LogP contribution in [-0.2, 0) is 16.0 Å². The molecule has 0 spiro atoms. The van der Waals surface area contributed by atoms with Gasteiger partial charge >= 0.3 is 6.09 Å². The molecule has 4 rings (SSSR count). The first-order valence-electron chi connectivity index (χ1n) is 9.37. The fraction of sp³-hybridized carbons (Fsp3) is 0.300. The van der Waals surface area contributed by atoms with E-state index >= 15 is 0 Å². The Morgan fingerprint density at radius 1 is 1.06 bits per heavy atom. The van der Waals surface area contributed by atoms with Crippen molar-refractivity contribution in [2.45, 2.75) is 25.5 Å². The van der Waals surface area contributed by atoms with Crippen LogP contribution in [0.25, 0.3) is 0 Å². The second-order valence-electron chi connectivity index (χ2n) is 6.64. The molecule has 160 valence electrons. The van der Waals surface area contributed by atoms with Crippen molar-refractivity contribution in [3.8, 4) is 11.8 Å². The van der Waals surface area contributed by atoms with Crippen molar-refractivity contribution in [3.05, 3.63) is 59.6 Å². The van der Waals surface area contributed by atoms with Crippen molar-refractivity contribution >= 4 is 12.0 Å². The first-order valence-corrected chi connectivity index (χ1v) is 9.37. The number of amides is 2. The summed E-state index contributed by atoms with van der Waals surface area (Å²) in [6.45, 7) is 1.74. The van der Waals surface area contributed by atoms with Crippen LogP contribution >= 0.6 is 0 Å². The van der Waals surface area contributed by atoms with Crippen LogP contribution in [0.2, 0.25) is 0 Å². The van der Waals surface area contributed by atoms with Gasteiger partial charge in [0.1, 0.15) is 5.82 Å². The first-order chi connectivity index (χ1) is 15.0. The number of nitrogens with zero attached hydrogens (tertiary/aromatic N) is 5. The first kappa shape index (κ1) is 20.3. The van der Waals surface area contributed by atoms with Gasteiger partial charge in [0.25, 0.3) is 17.9 Å². The van der Waals surface area contributed by atoms with E-state index in [-0.39, 0.29) is 18.2 Å². The molecule has 1 aromatic carbocycles. The number of methoxy groups -OCH3 is 2. The van der Waals surface area contributed by atoms with Crippen LogP contribution in [0.1, 0.15) is 42.2 Å². The van der Waals surface area contributed by atoms with Crippen LogP contribution < -0.4 is 9.47 Å². The van der Waals surface area contributed by atoms with Gasteiger partial charge in [0.2, 0.25) is 17.7 Å².